The quantitative estimate of drug-likeness (QED) is 0.890. The Hall–Kier alpha value is -2.15. The SMILES string of the molecule is COCCN1CCCC2(CCCN2C(=O)c2cncc(O)c2)C1=O. The number of hydrogen-bond donors (Lipinski definition) is 1. The van der Waals surface area contributed by atoms with Gasteiger partial charge in [-0.1, -0.05) is 0 Å². The normalized spacial score (nSPS) is 24.0. The minimum absolute atomic E-state index is 0.0183. The van der Waals surface area contributed by atoms with Crippen molar-refractivity contribution < 1.29 is 19.4 Å². The number of methoxy groups -OCH3 is 1. The van der Waals surface area contributed by atoms with Crippen LogP contribution in [0.25, 0.3) is 0 Å². The summed E-state index contributed by atoms with van der Waals surface area (Å²) < 4.78 is 5.09. The van der Waals surface area contributed by atoms with Crippen LogP contribution in [0.1, 0.15) is 36.0 Å². The Morgan fingerprint density at radius 2 is 2.08 bits per heavy atom. The molecule has 1 N–H and O–H groups in total. The zero-order chi connectivity index (χ0) is 17.2. The molecule has 0 saturated carbocycles. The van der Waals surface area contributed by atoms with E-state index in [1.54, 1.807) is 16.9 Å². The summed E-state index contributed by atoms with van der Waals surface area (Å²) in [5.74, 6) is -0.270. The van der Waals surface area contributed by atoms with E-state index in [2.05, 4.69) is 4.98 Å². The molecule has 1 unspecified atom stereocenters. The highest BCUT2D eigenvalue weighted by Crippen LogP contribution is 2.39. The lowest BCUT2D eigenvalue weighted by atomic mass is 9.85. The molecule has 1 spiro atoms. The number of rotatable bonds is 4. The fourth-order valence-corrected chi connectivity index (χ4v) is 3.84. The lowest BCUT2D eigenvalue weighted by molar-refractivity contribution is -0.146. The molecule has 0 bridgehead atoms. The largest absolute Gasteiger partial charge is 0.506 e. The van der Waals surface area contributed by atoms with Crippen molar-refractivity contribution in [2.75, 3.05) is 33.4 Å². The maximum absolute atomic E-state index is 13.1. The number of piperidine rings is 1. The lowest BCUT2D eigenvalue weighted by Crippen LogP contribution is -2.61. The molecule has 7 heteroatoms. The average Bonchev–Trinajstić information content (AvgIpc) is 3.00. The average molecular weight is 333 g/mol. The number of nitrogens with zero attached hydrogens (tertiary/aromatic N) is 3. The third kappa shape index (κ3) is 2.84. The first-order chi connectivity index (χ1) is 11.6. The van der Waals surface area contributed by atoms with Crippen molar-refractivity contribution in [3.8, 4) is 5.75 Å². The molecule has 2 fully saturated rings. The van der Waals surface area contributed by atoms with Crippen molar-refractivity contribution in [3.63, 3.8) is 0 Å². The molecular weight excluding hydrogens is 310 g/mol. The molecule has 0 aromatic carbocycles. The Morgan fingerprint density at radius 1 is 1.33 bits per heavy atom. The van der Waals surface area contributed by atoms with E-state index in [1.165, 1.54) is 18.5 Å². The van der Waals surface area contributed by atoms with Crippen LogP contribution < -0.4 is 0 Å². The fraction of sp³-hybridized carbons (Fsp3) is 0.588. The van der Waals surface area contributed by atoms with Crippen molar-refractivity contribution in [1.29, 1.82) is 0 Å². The molecule has 2 amide bonds. The summed E-state index contributed by atoms with van der Waals surface area (Å²) in [6.07, 6.45) is 5.78. The highest BCUT2D eigenvalue weighted by atomic mass is 16.5. The number of hydrogen-bond acceptors (Lipinski definition) is 5. The first kappa shape index (κ1) is 16.7. The van der Waals surface area contributed by atoms with Crippen molar-refractivity contribution in [2.24, 2.45) is 0 Å². The van der Waals surface area contributed by atoms with E-state index in [1.807, 2.05) is 0 Å². The fourth-order valence-electron chi connectivity index (χ4n) is 3.84. The van der Waals surface area contributed by atoms with Crippen molar-refractivity contribution in [2.45, 2.75) is 31.2 Å². The zero-order valence-corrected chi connectivity index (χ0v) is 13.9. The molecule has 130 valence electrons. The first-order valence-electron chi connectivity index (χ1n) is 8.33. The van der Waals surface area contributed by atoms with Crippen molar-refractivity contribution in [3.05, 3.63) is 24.0 Å². The molecule has 2 aliphatic rings. The second-order valence-electron chi connectivity index (χ2n) is 6.41. The van der Waals surface area contributed by atoms with Crippen molar-refractivity contribution in [1.82, 2.24) is 14.8 Å². The maximum Gasteiger partial charge on any atom is 0.256 e. The number of amides is 2. The van der Waals surface area contributed by atoms with Crippen molar-refractivity contribution >= 4 is 11.8 Å². The Balaban J connectivity index is 1.86. The molecule has 2 saturated heterocycles. The molecule has 0 radical (unpaired) electrons. The second kappa shape index (κ2) is 6.76. The number of ether oxygens (including phenoxy) is 1. The van der Waals surface area contributed by atoms with Crippen LogP contribution in [0.3, 0.4) is 0 Å². The summed E-state index contributed by atoms with van der Waals surface area (Å²) >= 11 is 0. The number of carbonyl (C=O) groups excluding carboxylic acids is 2. The Morgan fingerprint density at radius 3 is 2.79 bits per heavy atom. The van der Waals surface area contributed by atoms with Gasteiger partial charge in [-0.3, -0.25) is 14.6 Å². The van der Waals surface area contributed by atoms with Gasteiger partial charge in [-0.15, -0.1) is 0 Å². The molecular formula is C17H23N3O4. The van der Waals surface area contributed by atoms with Gasteiger partial charge in [0, 0.05) is 32.9 Å². The Bertz CT molecular complexity index is 636. The second-order valence-corrected chi connectivity index (χ2v) is 6.41. The van der Waals surface area contributed by atoms with Gasteiger partial charge in [-0.25, -0.2) is 0 Å². The van der Waals surface area contributed by atoms with Crippen LogP contribution in [0, 0.1) is 0 Å². The van der Waals surface area contributed by atoms with Crippen LogP contribution in [-0.4, -0.2) is 70.6 Å². The summed E-state index contributed by atoms with van der Waals surface area (Å²) in [5.41, 5.74) is -0.438. The van der Waals surface area contributed by atoms with Crippen LogP contribution in [0.4, 0.5) is 0 Å². The first-order valence-corrected chi connectivity index (χ1v) is 8.33. The molecule has 2 aliphatic heterocycles. The van der Waals surface area contributed by atoms with E-state index in [4.69, 9.17) is 4.74 Å². The standard InChI is InChI=1S/C17H23N3O4/c1-24-9-8-19-6-2-4-17(16(19)23)5-3-7-20(17)15(22)13-10-14(21)12-18-11-13/h10-12,21H,2-9H2,1H3. The van der Waals surface area contributed by atoms with Crippen LogP contribution in [0.2, 0.25) is 0 Å². The Kier molecular flexibility index (Phi) is 4.71. The van der Waals surface area contributed by atoms with Gasteiger partial charge in [0.1, 0.15) is 11.3 Å². The molecule has 3 heterocycles. The molecule has 1 aromatic rings. The molecule has 0 aliphatic carbocycles. The van der Waals surface area contributed by atoms with Gasteiger partial charge in [-0.05, 0) is 31.7 Å². The van der Waals surface area contributed by atoms with Crippen LogP contribution >= 0.6 is 0 Å². The van der Waals surface area contributed by atoms with Gasteiger partial charge in [-0.2, -0.15) is 0 Å². The van der Waals surface area contributed by atoms with Gasteiger partial charge in [0.2, 0.25) is 5.91 Å². The minimum Gasteiger partial charge on any atom is -0.506 e. The summed E-state index contributed by atoms with van der Waals surface area (Å²) in [6.45, 7) is 2.30. The molecule has 24 heavy (non-hydrogen) atoms. The predicted molar refractivity (Wildman–Crippen MR) is 86.6 cm³/mol. The van der Waals surface area contributed by atoms with E-state index in [0.29, 0.717) is 44.6 Å². The number of aromatic nitrogens is 1. The highest BCUT2D eigenvalue weighted by Gasteiger charge is 2.52. The molecule has 1 atom stereocenters. The van der Waals surface area contributed by atoms with E-state index >= 15 is 0 Å². The lowest BCUT2D eigenvalue weighted by Gasteiger charge is -2.44. The number of aromatic hydroxyl groups is 1. The molecule has 7 nitrogen and oxygen atoms in total. The van der Waals surface area contributed by atoms with Gasteiger partial charge < -0.3 is 19.6 Å². The summed E-state index contributed by atoms with van der Waals surface area (Å²) in [6, 6.07) is 1.40. The smallest absolute Gasteiger partial charge is 0.256 e. The van der Waals surface area contributed by atoms with Crippen LogP contribution in [0.5, 0.6) is 5.75 Å². The topological polar surface area (TPSA) is 83.0 Å². The monoisotopic (exact) mass is 333 g/mol. The summed E-state index contributed by atoms with van der Waals surface area (Å²) in [4.78, 5) is 33.4. The van der Waals surface area contributed by atoms with Gasteiger partial charge in [0.05, 0.1) is 18.4 Å². The molecule has 1 aromatic heterocycles. The van der Waals surface area contributed by atoms with E-state index in [9.17, 15) is 14.7 Å². The van der Waals surface area contributed by atoms with E-state index < -0.39 is 5.54 Å². The summed E-state index contributed by atoms with van der Waals surface area (Å²) in [7, 11) is 1.62. The third-order valence-corrected chi connectivity index (χ3v) is 4.97. The van der Waals surface area contributed by atoms with Crippen LogP contribution in [0.15, 0.2) is 18.5 Å². The zero-order valence-electron chi connectivity index (χ0n) is 13.9. The van der Waals surface area contributed by atoms with E-state index in [-0.39, 0.29) is 17.6 Å². The maximum atomic E-state index is 13.1. The summed E-state index contributed by atoms with van der Waals surface area (Å²) in [5, 5.41) is 9.58. The van der Waals surface area contributed by atoms with Gasteiger partial charge in [0.25, 0.3) is 5.91 Å². The number of pyridine rings is 1. The van der Waals surface area contributed by atoms with Crippen LogP contribution in [-0.2, 0) is 9.53 Å². The number of carbonyl (C=O) groups is 2. The van der Waals surface area contributed by atoms with Gasteiger partial charge >= 0.3 is 0 Å². The van der Waals surface area contributed by atoms with E-state index in [0.717, 1.165) is 12.8 Å². The molecule has 3 rings (SSSR count). The van der Waals surface area contributed by atoms with Gasteiger partial charge in [0.15, 0.2) is 0 Å². The minimum atomic E-state index is -0.755. The third-order valence-electron chi connectivity index (χ3n) is 4.97. The number of likely N-dealkylation sites (tertiary alicyclic amines) is 2. The Labute approximate surface area is 141 Å². The predicted octanol–water partition coefficient (Wildman–Crippen LogP) is 1.03. The highest BCUT2D eigenvalue weighted by molar-refractivity contribution is 6.00.